The molecule has 40 heavy (non-hydrogen) atoms. The van der Waals surface area contributed by atoms with Crippen molar-refractivity contribution in [2.24, 2.45) is 16.7 Å². The fraction of sp³-hybridized carbons (Fsp3) is 0.697. The average Bonchev–Trinajstić information content (AvgIpc) is 3.34. The quantitative estimate of drug-likeness (QED) is 0.245. The molecule has 0 bridgehead atoms. The fourth-order valence-corrected chi connectivity index (χ4v) is 5.92. The number of hydrogen-bond acceptors (Lipinski definition) is 6. The zero-order valence-electron chi connectivity index (χ0n) is 26.9. The summed E-state index contributed by atoms with van der Waals surface area (Å²) in [7, 11) is 0. The lowest BCUT2D eigenvalue weighted by molar-refractivity contribution is -0.00459. The maximum Gasteiger partial charge on any atom is 0.150 e. The van der Waals surface area contributed by atoms with Crippen molar-refractivity contribution in [2.45, 2.75) is 88.0 Å². The number of aromatic amines is 1. The highest BCUT2D eigenvalue weighted by atomic mass is 16.5. The van der Waals surface area contributed by atoms with Crippen LogP contribution in [0.25, 0.3) is 21.9 Å². The number of hydrogen-bond donors (Lipinski definition) is 2. The molecule has 0 aliphatic carbocycles. The Morgan fingerprint density at radius 2 is 1.68 bits per heavy atom. The predicted octanol–water partition coefficient (Wildman–Crippen LogP) is 7.30. The maximum atomic E-state index is 6.28. The second-order valence-electron chi connectivity index (χ2n) is 13.2. The molecule has 1 aliphatic heterocycles. The van der Waals surface area contributed by atoms with E-state index in [-0.39, 0.29) is 10.8 Å². The van der Waals surface area contributed by atoms with E-state index in [0.717, 1.165) is 92.5 Å². The van der Waals surface area contributed by atoms with E-state index in [1.54, 1.807) is 0 Å². The van der Waals surface area contributed by atoms with Gasteiger partial charge in [0.25, 0.3) is 0 Å². The lowest BCUT2D eigenvalue weighted by Crippen LogP contribution is -2.49. The van der Waals surface area contributed by atoms with E-state index in [1.165, 1.54) is 18.5 Å². The molecule has 3 aromatic rings. The van der Waals surface area contributed by atoms with Gasteiger partial charge in [-0.15, -0.1) is 0 Å². The second kappa shape index (κ2) is 14.0. The number of nitrogens with zero attached hydrogens (tertiary/aromatic N) is 4. The molecule has 0 amide bonds. The molecule has 1 aliphatic rings. The first-order valence-corrected chi connectivity index (χ1v) is 15.6. The normalized spacial score (nSPS) is 15.9. The Bertz CT molecular complexity index is 1210. The molecule has 3 heterocycles. The highest BCUT2D eigenvalue weighted by Crippen LogP contribution is 2.31. The van der Waals surface area contributed by atoms with E-state index in [9.17, 15) is 0 Å². The molecule has 1 saturated heterocycles. The van der Waals surface area contributed by atoms with Crippen LogP contribution in [0.5, 0.6) is 0 Å². The first kappa shape index (κ1) is 32.1. The molecule has 1 atom stereocenters. The first-order chi connectivity index (χ1) is 19.0. The zero-order chi connectivity index (χ0) is 29.5. The third-order valence-electron chi connectivity index (χ3n) is 7.94. The summed E-state index contributed by atoms with van der Waals surface area (Å²) in [5, 5.41) is 1.07. The van der Waals surface area contributed by atoms with Gasteiger partial charge < -0.3 is 20.4 Å². The van der Waals surface area contributed by atoms with Crippen LogP contribution in [0.4, 0.5) is 11.5 Å². The van der Waals surface area contributed by atoms with Crippen LogP contribution in [0, 0.1) is 16.7 Å². The van der Waals surface area contributed by atoms with Crippen molar-refractivity contribution in [2.75, 3.05) is 56.6 Å². The summed E-state index contributed by atoms with van der Waals surface area (Å²) in [5.41, 5.74) is 10.5. The summed E-state index contributed by atoms with van der Waals surface area (Å²) in [5.74, 6) is 2.25. The van der Waals surface area contributed by atoms with Gasteiger partial charge in [-0.05, 0) is 42.4 Å². The molecule has 0 spiro atoms. The van der Waals surface area contributed by atoms with Gasteiger partial charge in [0.1, 0.15) is 22.7 Å². The third-order valence-corrected chi connectivity index (χ3v) is 7.94. The monoisotopic (exact) mass is 552 g/mol. The van der Waals surface area contributed by atoms with Crippen molar-refractivity contribution in [3.8, 4) is 0 Å². The van der Waals surface area contributed by atoms with Gasteiger partial charge in [0, 0.05) is 55.6 Å². The molecular formula is C33H56N6O. The number of rotatable bonds is 12. The number of nitrogen functional groups attached to an aromatic ring is 1. The van der Waals surface area contributed by atoms with Crippen molar-refractivity contribution in [1.82, 2.24) is 19.9 Å². The Balaban J connectivity index is 0.00000216. The minimum absolute atomic E-state index is 0.130. The second-order valence-corrected chi connectivity index (χ2v) is 13.2. The number of H-pyrrole nitrogens is 1. The number of piperazine rings is 1. The number of aryl methyl sites for hydroxylation is 1. The van der Waals surface area contributed by atoms with Gasteiger partial charge in [-0.2, -0.15) is 0 Å². The SMILES string of the molecule is CC.CCCc1nc2c([nH]1)c(N)nc1ccc(N3CCN(CC(C)(C)COCC(C)(C)CC(C)CC)CC3)cc12. The summed E-state index contributed by atoms with van der Waals surface area (Å²) in [4.78, 5) is 18.0. The zero-order valence-corrected chi connectivity index (χ0v) is 26.9. The number of aromatic nitrogens is 3. The topological polar surface area (TPSA) is 83.3 Å². The van der Waals surface area contributed by atoms with Gasteiger partial charge in [-0.25, -0.2) is 9.97 Å². The van der Waals surface area contributed by atoms with Crippen LogP contribution < -0.4 is 10.6 Å². The Morgan fingerprint density at radius 1 is 1.00 bits per heavy atom. The minimum Gasteiger partial charge on any atom is -0.382 e. The standard InChI is InChI=1S/C31H50N6O.C2H6/c1-8-10-26-34-27-24-17-23(11-12-25(24)33-29(32)28(27)35-26)37-15-13-36(14-16-37)19-31(6,7)21-38-20-30(4,5)18-22(3)9-2;1-2/h11-12,17,22H,8-10,13-16,18-21H2,1-7H3,(H2,32,33)(H,34,35);1-2H3. The fourth-order valence-electron chi connectivity index (χ4n) is 5.92. The van der Waals surface area contributed by atoms with Gasteiger partial charge in [-0.1, -0.05) is 68.7 Å². The Hall–Kier alpha value is -2.38. The number of benzene rings is 1. The van der Waals surface area contributed by atoms with Gasteiger partial charge >= 0.3 is 0 Å². The first-order valence-electron chi connectivity index (χ1n) is 15.6. The van der Waals surface area contributed by atoms with Crippen LogP contribution in [0.15, 0.2) is 18.2 Å². The molecule has 7 nitrogen and oxygen atoms in total. The highest BCUT2D eigenvalue weighted by molar-refractivity contribution is 6.07. The van der Waals surface area contributed by atoms with Crippen LogP contribution in [0.3, 0.4) is 0 Å². The minimum atomic E-state index is 0.130. The summed E-state index contributed by atoms with van der Waals surface area (Å²) >= 11 is 0. The molecule has 4 rings (SSSR count). The van der Waals surface area contributed by atoms with Crippen molar-refractivity contribution in [3.05, 3.63) is 24.0 Å². The lowest BCUT2D eigenvalue weighted by Gasteiger charge is -2.40. The molecule has 1 fully saturated rings. The van der Waals surface area contributed by atoms with Gasteiger partial charge in [-0.3, -0.25) is 4.90 Å². The van der Waals surface area contributed by atoms with Crippen LogP contribution in [0.1, 0.15) is 87.4 Å². The Kier molecular flexibility index (Phi) is 11.2. The van der Waals surface area contributed by atoms with Crippen molar-refractivity contribution < 1.29 is 4.74 Å². The summed E-state index contributed by atoms with van der Waals surface area (Å²) < 4.78 is 6.28. The molecule has 3 N–H and O–H groups in total. The Labute approximate surface area is 243 Å². The largest absolute Gasteiger partial charge is 0.382 e. The van der Waals surface area contributed by atoms with Gasteiger partial charge in [0.15, 0.2) is 0 Å². The molecule has 0 saturated carbocycles. The van der Waals surface area contributed by atoms with Gasteiger partial charge in [0.2, 0.25) is 0 Å². The summed E-state index contributed by atoms with van der Waals surface area (Å²) in [6, 6.07) is 6.51. The number of ether oxygens (including phenoxy) is 1. The summed E-state index contributed by atoms with van der Waals surface area (Å²) in [6.07, 6.45) is 4.41. The third kappa shape index (κ3) is 8.32. The molecule has 224 valence electrons. The van der Waals surface area contributed by atoms with Crippen LogP contribution in [0.2, 0.25) is 0 Å². The number of imidazole rings is 1. The van der Waals surface area contributed by atoms with E-state index in [2.05, 4.69) is 86.4 Å². The van der Waals surface area contributed by atoms with Crippen LogP contribution in [-0.4, -0.2) is 65.8 Å². The molecule has 1 unspecified atom stereocenters. The predicted molar refractivity (Wildman–Crippen MR) is 172 cm³/mol. The van der Waals surface area contributed by atoms with Crippen LogP contribution in [-0.2, 0) is 11.2 Å². The van der Waals surface area contributed by atoms with E-state index in [1.807, 2.05) is 13.8 Å². The van der Waals surface area contributed by atoms with Crippen molar-refractivity contribution >= 4 is 33.4 Å². The average molecular weight is 553 g/mol. The molecular weight excluding hydrogens is 496 g/mol. The van der Waals surface area contributed by atoms with Gasteiger partial charge in [0.05, 0.1) is 18.7 Å². The van der Waals surface area contributed by atoms with Crippen LogP contribution >= 0.6 is 0 Å². The van der Waals surface area contributed by atoms with Crippen molar-refractivity contribution in [3.63, 3.8) is 0 Å². The number of fused-ring (bicyclic) bond motifs is 3. The number of nitrogens with two attached hydrogens (primary N) is 1. The maximum absolute atomic E-state index is 6.28. The smallest absolute Gasteiger partial charge is 0.150 e. The molecule has 1 aromatic carbocycles. The lowest BCUT2D eigenvalue weighted by atomic mass is 9.83. The van der Waals surface area contributed by atoms with E-state index < -0.39 is 0 Å². The highest BCUT2D eigenvalue weighted by Gasteiger charge is 2.27. The van der Waals surface area contributed by atoms with E-state index in [4.69, 9.17) is 15.5 Å². The van der Waals surface area contributed by atoms with E-state index in [0.29, 0.717) is 5.82 Å². The van der Waals surface area contributed by atoms with E-state index >= 15 is 0 Å². The molecule has 2 aromatic heterocycles. The number of nitrogens with one attached hydrogen (secondary N) is 1. The molecule has 7 heteroatoms. The number of anilines is 2. The summed E-state index contributed by atoms with van der Waals surface area (Å²) in [6.45, 7) is 27.0. The molecule has 0 radical (unpaired) electrons. The van der Waals surface area contributed by atoms with Crippen molar-refractivity contribution in [1.29, 1.82) is 0 Å². The number of pyridine rings is 1. The Morgan fingerprint density at radius 3 is 2.33 bits per heavy atom.